The molecule has 2 heteroatoms. The highest BCUT2D eigenvalue weighted by Gasteiger charge is 2.47. The van der Waals surface area contributed by atoms with Crippen molar-refractivity contribution in [3.05, 3.63) is 37.0 Å². The number of hydrogen-bond donors (Lipinski definition) is 0. The van der Waals surface area contributed by atoms with Crippen LogP contribution >= 0.6 is 0 Å². The summed E-state index contributed by atoms with van der Waals surface area (Å²) in [6.07, 6.45) is 24.8. The first-order valence-corrected chi connectivity index (χ1v) is 9.57. The molecule has 2 rings (SSSR count). The summed E-state index contributed by atoms with van der Waals surface area (Å²) in [5.41, 5.74) is 0. The van der Waals surface area contributed by atoms with Crippen molar-refractivity contribution in [1.82, 2.24) is 0 Å². The Morgan fingerprint density at radius 3 is 2.43 bits per heavy atom. The minimum absolute atomic E-state index is 0.448. The van der Waals surface area contributed by atoms with Crippen LogP contribution in [0.2, 0.25) is 0 Å². The molecule has 0 bridgehead atoms. The average molecular weight is 319 g/mol. The summed E-state index contributed by atoms with van der Waals surface area (Å²) in [5.74, 6) is 0. The van der Waals surface area contributed by atoms with Gasteiger partial charge in [-0.3, -0.25) is 0 Å². The average Bonchev–Trinajstić information content (AvgIpc) is 3.46. The van der Waals surface area contributed by atoms with Crippen molar-refractivity contribution in [2.75, 3.05) is 0 Å². The van der Waals surface area contributed by atoms with Crippen molar-refractivity contribution in [2.24, 2.45) is 0 Å². The molecular weight excluding hydrogens is 284 g/mol. The van der Waals surface area contributed by atoms with E-state index in [-0.39, 0.29) is 0 Å². The highest BCUT2D eigenvalue weighted by molar-refractivity contribution is 5.00. The molecule has 2 heterocycles. The van der Waals surface area contributed by atoms with Crippen molar-refractivity contribution >= 4 is 0 Å². The lowest BCUT2D eigenvalue weighted by Crippen LogP contribution is -2.01. The van der Waals surface area contributed by atoms with Crippen LogP contribution in [0.5, 0.6) is 0 Å². The Morgan fingerprint density at radius 1 is 0.826 bits per heavy atom. The molecule has 0 aliphatic carbocycles. The quantitative estimate of drug-likeness (QED) is 0.232. The van der Waals surface area contributed by atoms with Gasteiger partial charge in [0.25, 0.3) is 0 Å². The van der Waals surface area contributed by atoms with Crippen molar-refractivity contribution < 1.29 is 9.47 Å². The Kier molecular flexibility index (Phi) is 8.70. The predicted octanol–water partition coefficient (Wildman–Crippen LogP) is 5.74. The highest BCUT2D eigenvalue weighted by atomic mass is 16.6. The van der Waals surface area contributed by atoms with Crippen molar-refractivity contribution in [3.8, 4) is 0 Å². The summed E-state index contributed by atoms with van der Waals surface area (Å²) in [5, 5.41) is 0. The molecule has 4 atom stereocenters. The first-order valence-electron chi connectivity index (χ1n) is 9.57. The summed E-state index contributed by atoms with van der Waals surface area (Å²) in [4.78, 5) is 0. The van der Waals surface area contributed by atoms with Gasteiger partial charge in [0.2, 0.25) is 0 Å². The molecule has 2 aliphatic rings. The highest BCUT2D eigenvalue weighted by Crippen LogP contribution is 2.38. The van der Waals surface area contributed by atoms with Crippen molar-refractivity contribution in [3.63, 3.8) is 0 Å². The Morgan fingerprint density at radius 2 is 1.61 bits per heavy atom. The molecule has 0 aromatic heterocycles. The minimum atomic E-state index is 0.448. The first-order chi connectivity index (χ1) is 11.3. The number of unbranched alkanes of at least 4 members (excludes halogenated alkanes) is 4. The van der Waals surface area contributed by atoms with Gasteiger partial charge in [-0.2, -0.15) is 0 Å². The fraction of sp³-hybridized carbons (Fsp3) is 0.714. The van der Waals surface area contributed by atoms with Gasteiger partial charge in [0, 0.05) is 6.42 Å². The molecule has 2 saturated heterocycles. The van der Waals surface area contributed by atoms with E-state index in [1.54, 1.807) is 0 Å². The number of ether oxygens (including phenoxy) is 2. The Labute approximate surface area is 142 Å². The SMILES string of the molecule is C=CCCC/C=C\C/C=C\C[C@@H]1O[C@H]1C[C@H]1O[C@@H]1CCCCC. The molecule has 2 aliphatic heterocycles. The summed E-state index contributed by atoms with van der Waals surface area (Å²) in [6, 6.07) is 0. The van der Waals surface area contributed by atoms with E-state index < -0.39 is 0 Å². The third-order valence-corrected chi connectivity index (χ3v) is 4.69. The second-order valence-corrected chi connectivity index (χ2v) is 6.79. The molecule has 0 spiro atoms. The van der Waals surface area contributed by atoms with E-state index in [0.717, 1.165) is 32.1 Å². The Hall–Kier alpha value is -0.860. The van der Waals surface area contributed by atoms with Crippen LogP contribution < -0.4 is 0 Å². The molecule has 23 heavy (non-hydrogen) atoms. The summed E-state index contributed by atoms with van der Waals surface area (Å²) < 4.78 is 11.5. The van der Waals surface area contributed by atoms with Gasteiger partial charge in [-0.05, 0) is 38.5 Å². The molecule has 0 saturated carbocycles. The molecule has 0 N–H and O–H groups in total. The predicted molar refractivity (Wildman–Crippen MR) is 97.6 cm³/mol. The lowest BCUT2D eigenvalue weighted by atomic mass is 10.1. The van der Waals surface area contributed by atoms with E-state index in [9.17, 15) is 0 Å². The monoisotopic (exact) mass is 318 g/mol. The third-order valence-electron chi connectivity index (χ3n) is 4.69. The molecular formula is C21H34O2. The van der Waals surface area contributed by atoms with Crippen LogP contribution in [-0.4, -0.2) is 24.4 Å². The molecule has 0 radical (unpaired) electrons. The lowest BCUT2D eigenvalue weighted by Gasteiger charge is -1.94. The largest absolute Gasteiger partial charge is 0.369 e. The van der Waals surface area contributed by atoms with Crippen molar-refractivity contribution in [2.45, 2.75) is 95.5 Å². The van der Waals surface area contributed by atoms with Crippen LogP contribution in [0.3, 0.4) is 0 Å². The smallest absolute Gasteiger partial charge is 0.0877 e. The first kappa shape index (κ1) is 18.5. The molecule has 2 nitrogen and oxygen atoms in total. The van der Waals surface area contributed by atoms with Crippen LogP contribution in [0.4, 0.5) is 0 Å². The molecule has 130 valence electrons. The topological polar surface area (TPSA) is 25.1 Å². The number of hydrogen-bond acceptors (Lipinski definition) is 2. The molecule has 0 amide bonds. The number of epoxide rings is 2. The normalized spacial score (nSPS) is 29.4. The van der Waals surface area contributed by atoms with Gasteiger partial charge in [0.05, 0.1) is 24.4 Å². The zero-order chi connectivity index (χ0) is 16.3. The standard InChI is InChI=1S/C21H34O2/c1-3-5-7-8-9-10-11-12-14-16-19-21(23-19)17-20-18(22-20)15-13-6-4-2/h3,9-10,12,14,18-21H,1,4-8,11,13,15-17H2,2H3/b10-9-,14-12-/t18-,19+,20-,21+/m1/s1. The van der Waals surface area contributed by atoms with Crippen LogP contribution in [0, 0.1) is 0 Å². The zero-order valence-electron chi connectivity index (χ0n) is 14.8. The van der Waals surface area contributed by atoms with Gasteiger partial charge in [-0.15, -0.1) is 6.58 Å². The summed E-state index contributed by atoms with van der Waals surface area (Å²) in [7, 11) is 0. The van der Waals surface area contributed by atoms with Crippen LogP contribution in [0.15, 0.2) is 37.0 Å². The van der Waals surface area contributed by atoms with Crippen molar-refractivity contribution in [1.29, 1.82) is 0 Å². The van der Waals surface area contributed by atoms with Crippen LogP contribution in [-0.2, 0) is 9.47 Å². The maximum atomic E-state index is 5.76. The van der Waals surface area contributed by atoms with Gasteiger partial charge in [0.15, 0.2) is 0 Å². The van der Waals surface area contributed by atoms with Gasteiger partial charge in [-0.25, -0.2) is 0 Å². The summed E-state index contributed by atoms with van der Waals surface area (Å²) in [6.45, 7) is 5.98. The minimum Gasteiger partial charge on any atom is -0.369 e. The van der Waals surface area contributed by atoms with Gasteiger partial charge in [-0.1, -0.05) is 56.6 Å². The van der Waals surface area contributed by atoms with Gasteiger partial charge >= 0.3 is 0 Å². The van der Waals surface area contributed by atoms with E-state index in [2.05, 4.69) is 37.8 Å². The maximum absolute atomic E-state index is 5.76. The fourth-order valence-electron chi connectivity index (χ4n) is 3.06. The molecule has 0 aromatic rings. The van der Waals surface area contributed by atoms with E-state index in [1.165, 1.54) is 32.1 Å². The second-order valence-electron chi connectivity index (χ2n) is 6.79. The van der Waals surface area contributed by atoms with Crippen LogP contribution in [0.25, 0.3) is 0 Å². The van der Waals surface area contributed by atoms with E-state index in [1.807, 2.05) is 6.08 Å². The zero-order valence-corrected chi connectivity index (χ0v) is 14.8. The van der Waals surface area contributed by atoms with Crippen LogP contribution in [0.1, 0.15) is 71.1 Å². The van der Waals surface area contributed by atoms with Gasteiger partial charge in [0.1, 0.15) is 0 Å². The third kappa shape index (κ3) is 7.99. The van der Waals surface area contributed by atoms with E-state index in [0.29, 0.717) is 24.4 Å². The molecule has 2 fully saturated rings. The second kappa shape index (κ2) is 10.8. The Balaban J connectivity index is 1.42. The fourth-order valence-corrected chi connectivity index (χ4v) is 3.06. The van der Waals surface area contributed by atoms with E-state index in [4.69, 9.17) is 9.47 Å². The lowest BCUT2D eigenvalue weighted by molar-refractivity contribution is 0.321. The number of rotatable bonds is 14. The maximum Gasteiger partial charge on any atom is 0.0877 e. The Bertz CT molecular complexity index is 385. The molecule has 0 unspecified atom stereocenters. The number of allylic oxidation sites excluding steroid dienone is 4. The van der Waals surface area contributed by atoms with Gasteiger partial charge < -0.3 is 9.47 Å². The molecule has 0 aromatic carbocycles. The summed E-state index contributed by atoms with van der Waals surface area (Å²) >= 11 is 0. The van der Waals surface area contributed by atoms with E-state index >= 15 is 0 Å².